The lowest BCUT2D eigenvalue weighted by molar-refractivity contribution is -0.129. The molecule has 1 aromatic carbocycles. The van der Waals surface area contributed by atoms with E-state index < -0.39 is 0 Å². The molecule has 0 radical (unpaired) electrons. The lowest BCUT2D eigenvalue weighted by Crippen LogP contribution is -2.48. The van der Waals surface area contributed by atoms with E-state index in [0.29, 0.717) is 18.6 Å². The molecule has 3 heterocycles. The molecule has 4 rings (SSSR count). The smallest absolute Gasteiger partial charge is 0.242 e. The van der Waals surface area contributed by atoms with Crippen molar-refractivity contribution in [2.75, 3.05) is 13.1 Å². The van der Waals surface area contributed by atoms with Gasteiger partial charge in [-0.25, -0.2) is 0 Å². The van der Waals surface area contributed by atoms with Crippen LogP contribution in [0.3, 0.4) is 0 Å². The Labute approximate surface area is 136 Å². The summed E-state index contributed by atoms with van der Waals surface area (Å²) >= 11 is 0. The molecule has 3 unspecified atom stereocenters. The van der Waals surface area contributed by atoms with E-state index in [4.69, 9.17) is 0 Å². The summed E-state index contributed by atoms with van der Waals surface area (Å²) in [6.07, 6.45) is 4.95. The summed E-state index contributed by atoms with van der Waals surface area (Å²) in [5.74, 6) is -0.0692. The van der Waals surface area contributed by atoms with Crippen LogP contribution < -0.4 is 10.6 Å². The molecule has 3 aliphatic heterocycles. The number of hydrogen-bond donors (Lipinski definition) is 2. The Hall–Kier alpha value is -1.88. The maximum Gasteiger partial charge on any atom is 0.242 e. The zero-order valence-corrected chi connectivity index (χ0v) is 13.3. The zero-order valence-electron chi connectivity index (χ0n) is 13.3. The lowest BCUT2D eigenvalue weighted by Gasteiger charge is -2.23. The van der Waals surface area contributed by atoms with Gasteiger partial charge in [0, 0.05) is 18.6 Å². The van der Waals surface area contributed by atoms with Crippen LogP contribution in [0.5, 0.6) is 0 Å². The number of carbonyl (C=O) groups is 2. The van der Waals surface area contributed by atoms with E-state index in [1.165, 1.54) is 11.1 Å². The Morgan fingerprint density at radius 2 is 1.83 bits per heavy atom. The number of fused-ring (bicyclic) bond motifs is 5. The second kappa shape index (κ2) is 5.96. The average Bonchev–Trinajstić information content (AvgIpc) is 3.01. The van der Waals surface area contributed by atoms with E-state index in [1.807, 2.05) is 0 Å². The summed E-state index contributed by atoms with van der Waals surface area (Å²) in [5, 5.41) is 5.81. The van der Waals surface area contributed by atoms with Crippen LogP contribution in [0.1, 0.15) is 55.3 Å². The molecule has 5 nitrogen and oxygen atoms in total. The van der Waals surface area contributed by atoms with Gasteiger partial charge in [-0.3, -0.25) is 14.5 Å². The van der Waals surface area contributed by atoms with Crippen molar-refractivity contribution in [3.05, 3.63) is 35.4 Å². The van der Waals surface area contributed by atoms with E-state index in [-0.39, 0.29) is 17.9 Å². The van der Waals surface area contributed by atoms with Crippen molar-refractivity contribution < 1.29 is 9.59 Å². The van der Waals surface area contributed by atoms with Crippen molar-refractivity contribution in [3.63, 3.8) is 0 Å². The fraction of sp³-hybridized carbons (Fsp3) is 0.556. The van der Waals surface area contributed by atoms with E-state index in [2.05, 4.69) is 39.8 Å². The first kappa shape index (κ1) is 14.7. The van der Waals surface area contributed by atoms with Gasteiger partial charge in [-0.1, -0.05) is 24.3 Å². The standard InChI is InChI=1S/C18H23N3O2/c22-17(20-14-7-3-4-10-19-18(14)23)11-21-15-8-9-16(21)13-6-2-1-5-12(13)15/h1-2,5-6,14-16H,3-4,7-11H2,(H,19,23)(H,20,22). The third-order valence-electron chi connectivity index (χ3n) is 5.42. The van der Waals surface area contributed by atoms with E-state index in [1.54, 1.807) is 0 Å². The highest BCUT2D eigenvalue weighted by Gasteiger charge is 2.44. The Balaban J connectivity index is 1.41. The van der Waals surface area contributed by atoms with Crippen LogP contribution in [0, 0.1) is 0 Å². The largest absolute Gasteiger partial charge is 0.354 e. The molecule has 3 atom stereocenters. The monoisotopic (exact) mass is 313 g/mol. The van der Waals surface area contributed by atoms with E-state index in [0.717, 1.165) is 38.6 Å². The van der Waals surface area contributed by atoms with Gasteiger partial charge in [0.1, 0.15) is 6.04 Å². The average molecular weight is 313 g/mol. The molecule has 3 aliphatic rings. The van der Waals surface area contributed by atoms with Gasteiger partial charge < -0.3 is 10.6 Å². The van der Waals surface area contributed by atoms with Crippen LogP contribution in [-0.2, 0) is 9.59 Å². The molecule has 2 bridgehead atoms. The van der Waals surface area contributed by atoms with Gasteiger partial charge in [-0.05, 0) is 43.2 Å². The predicted octanol–water partition coefficient (Wildman–Crippen LogP) is 1.66. The number of nitrogens with zero attached hydrogens (tertiary/aromatic N) is 1. The molecular weight excluding hydrogens is 290 g/mol. The van der Waals surface area contributed by atoms with Gasteiger partial charge in [-0.2, -0.15) is 0 Å². The molecule has 23 heavy (non-hydrogen) atoms. The summed E-state index contributed by atoms with van der Waals surface area (Å²) < 4.78 is 0. The maximum atomic E-state index is 12.5. The number of amides is 2. The maximum absolute atomic E-state index is 12.5. The van der Waals surface area contributed by atoms with E-state index >= 15 is 0 Å². The minimum atomic E-state index is -0.368. The molecule has 122 valence electrons. The van der Waals surface area contributed by atoms with Gasteiger partial charge in [0.05, 0.1) is 6.54 Å². The van der Waals surface area contributed by atoms with Crippen LogP contribution in [0.4, 0.5) is 0 Å². The van der Waals surface area contributed by atoms with Gasteiger partial charge in [0.2, 0.25) is 11.8 Å². The van der Waals surface area contributed by atoms with Crippen LogP contribution in [-0.4, -0.2) is 35.8 Å². The quantitative estimate of drug-likeness (QED) is 0.892. The first-order chi connectivity index (χ1) is 11.2. The van der Waals surface area contributed by atoms with Gasteiger partial charge in [0.15, 0.2) is 0 Å². The third kappa shape index (κ3) is 2.63. The van der Waals surface area contributed by atoms with Crippen LogP contribution in [0.2, 0.25) is 0 Å². The minimum Gasteiger partial charge on any atom is -0.354 e. The number of nitrogens with one attached hydrogen (secondary N) is 2. The van der Waals surface area contributed by atoms with Crippen LogP contribution in [0.15, 0.2) is 24.3 Å². The van der Waals surface area contributed by atoms with Gasteiger partial charge in [0.25, 0.3) is 0 Å². The zero-order chi connectivity index (χ0) is 15.8. The number of benzene rings is 1. The number of carbonyl (C=O) groups excluding carboxylic acids is 2. The SMILES string of the molecule is O=C(CN1C2CCC1c1ccccc12)NC1CCCCNC1=O. The topological polar surface area (TPSA) is 61.4 Å². The molecule has 0 spiro atoms. The molecule has 0 aromatic heterocycles. The van der Waals surface area contributed by atoms with Crippen molar-refractivity contribution in [2.24, 2.45) is 0 Å². The first-order valence-corrected chi connectivity index (χ1v) is 8.65. The summed E-state index contributed by atoms with van der Waals surface area (Å²) in [5.41, 5.74) is 2.76. The normalized spacial score (nSPS) is 29.7. The summed E-state index contributed by atoms with van der Waals surface area (Å²) in [4.78, 5) is 26.7. The van der Waals surface area contributed by atoms with Crippen molar-refractivity contribution in [1.29, 1.82) is 0 Å². The first-order valence-electron chi connectivity index (χ1n) is 8.65. The molecule has 1 aromatic rings. The Morgan fingerprint density at radius 3 is 2.52 bits per heavy atom. The highest BCUT2D eigenvalue weighted by atomic mass is 16.2. The van der Waals surface area contributed by atoms with Crippen molar-refractivity contribution >= 4 is 11.8 Å². The highest BCUT2D eigenvalue weighted by Crippen LogP contribution is 2.52. The molecule has 0 aliphatic carbocycles. The molecule has 5 heteroatoms. The molecule has 2 saturated heterocycles. The Kier molecular flexibility index (Phi) is 3.81. The highest BCUT2D eigenvalue weighted by molar-refractivity contribution is 5.88. The predicted molar refractivity (Wildman–Crippen MR) is 86.7 cm³/mol. The Bertz CT molecular complexity index is 599. The van der Waals surface area contributed by atoms with Gasteiger partial charge in [-0.15, -0.1) is 0 Å². The number of rotatable bonds is 3. The van der Waals surface area contributed by atoms with E-state index in [9.17, 15) is 9.59 Å². The molecule has 0 saturated carbocycles. The van der Waals surface area contributed by atoms with Crippen LogP contribution in [0.25, 0.3) is 0 Å². The van der Waals surface area contributed by atoms with Crippen LogP contribution >= 0.6 is 0 Å². The van der Waals surface area contributed by atoms with Crippen molar-refractivity contribution in [2.45, 2.75) is 50.2 Å². The fourth-order valence-electron chi connectivity index (χ4n) is 4.35. The summed E-state index contributed by atoms with van der Waals surface area (Å²) in [6, 6.07) is 8.88. The fourth-order valence-corrected chi connectivity index (χ4v) is 4.35. The molecular formula is C18H23N3O2. The second-order valence-corrected chi connectivity index (χ2v) is 6.82. The van der Waals surface area contributed by atoms with Gasteiger partial charge >= 0.3 is 0 Å². The molecule has 2 N–H and O–H groups in total. The van der Waals surface area contributed by atoms with Crippen molar-refractivity contribution in [3.8, 4) is 0 Å². The molecule has 2 amide bonds. The molecule has 2 fully saturated rings. The third-order valence-corrected chi connectivity index (χ3v) is 5.42. The second-order valence-electron chi connectivity index (χ2n) is 6.82. The lowest BCUT2D eigenvalue weighted by atomic mass is 9.92. The minimum absolute atomic E-state index is 0.0308. The summed E-state index contributed by atoms with van der Waals surface area (Å²) in [6.45, 7) is 1.10. The van der Waals surface area contributed by atoms with Crippen molar-refractivity contribution in [1.82, 2.24) is 15.5 Å². The Morgan fingerprint density at radius 1 is 1.13 bits per heavy atom. The number of hydrogen-bond acceptors (Lipinski definition) is 3. The summed E-state index contributed by atoms with van der Waals surface area (Å²) in [7, 11) is 0.